The van der Waals surface area contributed by atoms with Gasteiger partial charge in [-0.05, 0) is 55.0 Å². The number of hydrogen-bond acceptors (Lipinski definition) is 4. The summed E-state index contributed by atoms with van der Waals surface area (Å²) in [6.45, 7) is 2.22. The summed E-state index contributed by atoms with van der Waals surface area (Å²) in [5.74, 6) is 0.0952. The molecule has 0 bridgehead atoms. The van der Waals surface area contributed by atoms with Crippen molar-refractivity contribution in [2.45, 2.75) is 18.2 Å². The van der Waals surface area contributed by atoms with E-state index in [1.165, 1.54) is 40.7 Å². The molecule has 0 aromatic heterocycles. The first-order valence-electron chi connectivity index (χ1n) is 6.56. The van der Waals surface area contributed by atoms with Gasteiger partial charge in [0.25, 0.3) is 10.0 Å². The number of hydrogen-bond donors (Lipinski definition) is 2. The Hall–Kier alpha value is -2.21. The van der Waals surface area contributed by atoms with Gasteiger partial charge in [0, 0.05) is 6.54 Å². The number of phenolic OH excluding ortho intramolecular Hbond substituents is 2. The van der Waals surface area contributed by atoms with Gasteiger partial charge in [-0.25, -0.2) is 8.42 Å². The number of nitrogens with zero attached hydrogens (tertiary/aromatic N) is 1. The molecular formula is C15H17NO4S. The molecule has 0 aliphatic rings. The van der Waals surface area contributed by atoms with Gasteiger partial charge >= 0.3 is 0 Å². The lowest BCUT2D eigenvalue weighted by Gasteiger charge is -2.24. The first-order valence-corrected chi connectivity index (χ1v) is 8.00. The fourth-order valence-electron chi connectivity index (χ4n) is 1.96. The Balaban J connectivity index is 2.45. The van der Waals surface area contributed by atoms with Crippen LogP contribution in [0.25, 0.3) is 0 Å². The van der Waals surface area contributed by atoms with Gasteiger partial charge in [0.1, 0.15) is 11.5 Å². The zero-order valence-electron chi connectivity index (χ0n) is 11.6. The molecule has 0 radical (unpaired) electrons. The molecule has 0 aliphatic heterocycles. The molecule has 2 aromatic rings. The van der Waals surface area contributed by atoms with Gasteiger partial charge in [-0.1, -0.05) is 6.92 Å². The lowest BCUT2D eigenvalue weighted by atomic mass is 10.3. The normalized spacial score (nSPS) is 11.3. The van der Waals surface area contributed by atoms with E-state index in [9.17, 15) is 18.6 Å². The smallest absolute Gasteiger partial charge is 0.264 e. The summed E-state index contributed by atoms with van der Waals surface area (Å²) in [6, 6.07) is 11.4. The molecule has 0 aliphatic carbocycles. The van der Waals surface area contributed by atoms with Crippen molar-refractivity contribution in [1.29, 1.82) is 0 Å². The van der Waals surface area contributed by atoms with Crippen molar-refractivity contribution in [2.75, 3.05) is 10.8 Å². The van der Waals surface area contributed by atoms with Crippen LogP contribution in [-0.2, 0) is 10.0 Å². The number of aromatic hydroxyl groups is 2. The number of benzene rings is 2. The van der Waals surface area contributed by atoms with E-state index >= 15 is 0 Å². The van der Waals surface area contributed by atoms with Crippen LogP contribution >= 0.6 is 0 Å². The van der Waals surface area contributed by atoms with E-state index in [-0.39, 0.29) is 16.4 Å². The Morgan fingerprint density at radius 3 is 1.86 bits per heavy atom. The quantitative estimate of drug-likeness (QED) is 0.890. The average molecular weight is 307 g/mol. The standard InChI is InChI=1S/C15H17NO4S/c1-2-11-16(12-3-5-13(17)6-4-12)21(19,20)15-9-7-14(18)8-10-15/h3-10,17-18H,2,11H2,1H3. The predicted molar refractivity (Wildman–Crippen MR) is 81.0 cm³/mol. The SMILES string of the molecule is CCCN(c1ccc(O)cc1)S(=O)(=O)c1ccc(O)cc1. The Bertz CT molecular complexity index is 693. The van der Waals surface area contributed by atoms with Gasteiger partial charge in [-0.3, -0.25) is 4.31 Å². The van der Waals surface area contributed by atoms with E-state index in [0.717, 1.165) is 0 Å². The maximum absolute atomic E-state index is 12.7. The Morgan fingerprint density at radius 2 is 1.38 bits per heavy atom. The third-order valence-electron chi connectivity index (χ3n) is 2.99. The number of phenols is 2. The third kappa shape index (κ3) is 3.28. The van der Waals surface area contributed by atoms with Crippen LogP contribution in [0.5, 0.6) is 11.5 Å². The summed E-state index contributed by atoms with van der Waals surface area (Å²) in [5.41, 5.74) is 0.489. The molecule has 5 nitrogen and oxygen atoms in total. The van der Waals surface area contributed by atoms with Crippen LogP contribution in [0.2, 0.25) is 0 Å². The largest absolute Gasteiger partial charge is 0.508 e. The third-order valence-corrected chi connectivity index (χ3v) is 4.83. The molecule has 0 atom stereocenters. The molecule has 21 heavy (non-hydrogen) atoms. The van der Waals surface area contributed by atoms with E-state index in [1.54, 1.807) is 12.1 Å². The van der Waals surface area contributed by atoms with Crippen LogP contribution in [0.15, 0.2) is 53.4 Å². The highest BCUT2D eigenvalue weighted by Gasteiger charge is 2.24. The van der Waals surface area contributed by atoms with Crippen molar-refractivity contribution < 1.29 is 18.6 Å². The summed E-state index contributed by atoms with van der Waals surface area (Å²) in [6.07, 6.45) is 0.651. The summed E-state index contributed by atoms with van der Waals surface area (Å²) < 4.78 is 26.7. The van der Waals surface area contributed by atoms with E-state index < -0.39 is 10.0 Å². The molecule has 6 heteroatoms. The minimum Gasteiger partial charge on any atom is -0.508 e. The van der Waals surface area contributed by atoms with Gasteiger partial charge < -0.3 is 10.2 Å². The minimum atomic E-state index is -3.71. The van der Waals surface area contributed by atoms with Gasteiger partial charge in [0.05, 0.1) is 10.6 Å². The second-order valence-corrected chi connectivity index (χ2v) is 6.45. The van der Waals surface area contributed by atoms with Crippen LogP contribution in [0.3, 0.4) is 0 Å². The lowest BCUT2D eigenvalue weighted by molar-refractivity contribution is 0.474. The topological polar surface area (TPSA) is 77.8 Å². The van der Waals surface area contributed by atoms with Crippen molar-refractivity contribution in [2.24, 2.45) is 0 Å². The van der Waals surface area contributed by atoms with Crippen molar-refractivity contribution in [1.82, 2.24) is 0 Å². The van der Waals surface area contributed by atoms with Gasteiger partial charge in [-0.2, -0.15) is 0 Å². The van der Waals surface area contributed by atoms with Crippen LogP contribution < -0.4 is 4.31 Å². The Morgan fingerprint density at radius 1 is 0.905 bits per heavy atom. The second kappa shape index (κ2) is 6.05. The van der Waals surface area contributed by atoms with Crippen molar-refractivity contribution in [3.05, 3.63) is 48.5 Å². The lowest BCUT2D eigenvalue weighted by Crippen LogP contribution is -2.31. The number of rotatable bonds is 5. The molecule has 0 fully saturated rings. The number of anilines is 1. The molecule has 2 rings (SSSR count). The molecule has 2 N–H and O–H groups in total. The monoisotopic (exact) mass is 307 g/mol. The van der Waals surface area contributed by atoms with E-state index in [2.05, 4.69) is 0 Å². The van der Waals surface area contributed by atoms with E-state index in [4.69, 9.17) is 0 Å². The second-order valence-electron chi connectivity index (χ2n) is 4.59. The first kappa shape index (κ1) is 15.2. The highest BCUT2D eigenvalue weighted by molar-refractivity contribution is 7.92. The van der Waals surface area contributed by atoms with Crippen LogP contribution in [0.4, 0.5) is 5.69 Å². The molecule has 112 valence electrons. The zero-order chi connectivity index (χ0) is 15.5. The van der Waals surface area contributed by atoms with Crippen molar-refractivity contribution in [3.8, 4) is 11.5 Å². The maximum Gasteiger partial charge on any atom is 0.264 e. The summed E-state index contributed by atoms with van der Waals surface area (Å²) in [7, 11) is -3.71. The average Bonchev–Trinajstić information content (AvgIpc) is 2.46. The Kier molecular flexibility index (Phi) is 4.37. The van der Waals surface area contributed by atoms with E-state index in [1.807, 2.05) is 6.92 Å². The molecule has 0 saturated heterocycles. The van der Waals surface area contributed by atoms with Crippen LogP contribution in [0.1, 0.15) is 13.3 Å². The molecule has 0 spiro atoms. The summed E-state index contributed by atoms with van der Waals surface area (Å²) in [5, 5.41) is 18.6. The minimum absolute atomic E-state index is 0.0145. The Labute approximate surface area is 124 Å². The number of sulfonamides is 1. The highest BCUT2D eigenvalue weighted by Crippen LogP contribution is 2.26. The van der Waals surface area contributed by atoms with Crippen LogP contribution in [-0.4, -0.2) is 25.2 Å². The molecule has 0 saturated carbocycles. The molecular weight excluding hydrogens is 290 g/mol. The predicted octanol–water partition coefficient (Wildman–Crippen LogP) is 2.70. The summed E-state index contributed by atoms with van der Waals surface area (Å²) >= 11 is 0. The fraction of sp³-hybridized carbons (Fsp3) is 0.200. The zero-order valence-corrected chi connectivity index (χ0v) is 12.4. The molecule has 0 heterocycles. The first-order chi connectivity index (χ1) is 9.95. The fourth-order valence-corrected chi connectivity index (χ4v) is 3.51. The van der Waals surface area contributed by atoms with Gasteiger partial charge in [0.2, 0.25) is 0 Å². The molecule has 0 amide bonds. The van der Waals surface area contributed by atoms with Gasteiger partial charge in [-0.15, -0.1) is 0 Å². The van der Waals surface area contributed by atoms with Gasteiger partial charge in [0.15, 0.2) is 0 Å². The van der Waals surface area contributed by atoms with Crippen LogP contribution in [0, 0.1) is 0 Å². The van der Waals surface area contributed by atoms with E-state index in [0.29, 0.717) is 18.7 Å². The van der Waals surface area contributed by atoms with Crippen molar-refractivity contribution >= 4 is 15.7 Å². The molecule has 2 aromatic carbocycles. The van der Waals surface area contributed by atoms with Crippen molar-refractivity contribution in [3.63, 3.8) is 0 Å². The maximum atomic E-state index is 12.7. The highest BCUT2D eigenvalue weighted by atomic mass is 32.2. The molecule has 0 unspecified atom stereocenters. The summed E-state index contributed by atoms with van der Waals surface area (Å²) in [4.78, 5) is 0.113.